The molecule has 5 nitrogen and oxygen atoms in total. The third-order valence-electron chi connectivity index (χ3n) is 2.29. The summed E-state index contributed by atoms with van der Waals surface area (Å²) in [5.41, 5.74) is 0.686. The summed E-state index contributed by atoms with van der Waals surface area (Å²) >= 11 is 0. The van der Waals surface area contributed by atoms with E-state index in [-0.39, 0.29) is 12.2 Å². The zero-order valence-corrected chi connectivity index (χ0v) is 10.4. The highest BCUT2D eigenvalue weighted by Gasteiger charge is 2.15. The van der Waals surface area contributed by atoms with Crippen LogP contribution in [0, 0.1) is 0 Å². The van der Waals surface area contributed by atoms with Gasteiger partial charge in [0.1, 0.15) is 9.84 Å². The fourth-order valence-corrected chi connectivity index (χ4v) is 2.15. The van der Waals surface area contributed by atoms with Gasteiger partial charge < -0.3 is 5.11 Å². The normalized spacial score (nSPS) is 13.9. The number of aryl methyl sites for hydroxylation is 1. The maximum absolute atomic E-state index is 11.0. The van der Waals surface area contributed by atoms with Gasteiger partial charge in [-0.2, -0.15) is 5.10 Å². The van der Waals surface area contributed by atoms with Gasteiger partial charge in [0.15, 0.2) is 0 Å². The van der Waals surface area contributed by atoms with Gasteiger partial charge >= 0.3 is 0 Å². The molecule has 1 rings (SSSR count). The SMILES string of the molecule is CCCn1nccc1C(O)CCS(C)(=O)=O. The molecule has 0 aliphatic rings. The van der Waals surface area contributed by atoms with E-state index in [1.54, 1.807) is 16.9 Å². The van der Waals surface area contributed by atoms with E-state index >= 15 is 0 Å². The Kier molecular flexibility index (Phi) is 4.49. The van der Waals surface area contributed by atoms with E-state index in [1.165, 1.54) is 6.26 Å². The molecule has 1 atom stereocenters. The second-order valence-electron chi connectivity index (χ2n) is 3.91. The smallest absolute Gasteiger partial charge is 0.147 e. The van der Waals surface area contributed by atoms with Crippen molar-refractivity contribution in [2.24, 2.45) is 0 Å². The Labute approximate surface area is 96.0 Å². The van der Waals surface area contributed by atoms with Gasteiger partial charge in [-0.05, 0) is 18.9 Å². The Bertz CT molecular complexity index is 425. The van der Waals surface area contributed by atoms with Crippen molar-refractivity contribution in [1.29, 1.82) is 0 Å². The Balaban J connectivity index is 2.65. The van der Waals surface area contributed by atoms with Gasteiger partial charge in [-0.15, -0.1) is 0 Å². The second kappa shape index (κ2) is 5.45. The van der Waals surface area contributed by atoms with Gasteiger partial charge in [0.05, 0.1) is 17.6 Å². The first-order chi connectivity index (χ1) is 7.44. The Morgan fingerprint density at radius 3 is 2.81 bits per heavy atom. The largest absolute Gasteiger partial charge is 0.387 e. The fraction of sp³-hybridized carbons (Fsp3) is 0.700. The zero-order chi connectivity index (χ0) is 12.2. The van der Waals surface area contributed by atoms with E-state index < -0.39 is 15.9 Å². The summed E-state index contributed by atoms with van der Waals surface area (Å²) in [6.45, 7) is 2.76. The second-order valence-corrected chi connectivity index (χ2v) is 6.17. The average Bonchev–Trinajstić information content (AvgIpc) is 2.62. The lowest BCUT2D eigenvalue weighted by atomic mass is 10.2. The van der Waals surface area contributed by atoms with Crippen LogP contribution in [-0.2, 0) is 16.4 Å². The third kappa shape index (κ3) is 3.94. The molecule has 0 radical (unpaired) electrons. The molecule has 0 aromatic carbocycles. The van der Waals surface area contributed by atoms with E-state index in [0.717, 1.165) is 13.0 Å². The van der Waals surface area contributed by atoms with E-state index in [0.29, 0.717) is 5.69 Å². The number of hydrogen-bond donors (Lipinski definition) is 1. The monoisotopic (exact) mass is 246 g/mol. The average molecular weight is 246 g/mol. The summed E-state index contributed by atoms with van der Waals surface area (Å²) in [6.07, 6.45) is 3.17. The minimum absolute atomic E-state index is 0.00846. The molecule has 1 unspecified atom stereocenters. The Morgan fingerprint density at radius 1 is 1.56 bits per heavy atom. The van der Waals surface area contributed by atoms with Crippen LogP contribution in [0.1, 0.15) is 31.6 Å². The van der Waals surface area contributed by atoms with Crippen LogP contribution in [0.5, 0.6) is 0 Å². The molecule has 0 amide bonds. The lowest BCUT2D eigenvalue weighted by molar-refractivity contribution is 0.162. The van der Waals surface area contributed by atoms with Crippen molar-refractivity contribution in [3.63, 3.8) is 0 Å². The van der Waals surface area contributed by atoms with Gasteiger partial charge in [-0.3, -0.25) is 4.68 Å². The summed E-state index contributed by atoms with van der Waals surface area (Å²) in [5, 5.41) is 13.9. The molecule has 0 saturated carbocycles. The van der Waals surface area contributed by atoms with Crippen LogP contribution in [-0.4, -0.2) is 35.3 Å². The number of nitrogens with zero attached hydrogens (tertiary/aromatic N) is 2. The highest BCUT2D eigenvalue weighted by Crippen LogP contribution is 2.17. The van der Waals surface area contributed by atoms with Crippen molar-refractivity contribution in [2.45, 2.75) is 32.4 Å². The number of sulfone groups is 1. The molecule has 6 heteroatoms. The molecule has 92 valence electrons. The van der Waals surface area contributed by atoms with Gasteiger partial charge in [-0.1, -0.05) is 6.92 Å². The first-order valence-electron chi connectivity index (χ1n) is 5.31. The van der Waals surface area contributed by atoms with Crippen molar-refractivity contribution >= 4 is 9.84 Å². The summed E-state index contributed by atoms with van der Waals surface area (Å²) in [7, 11) is -3.03. The van der Waals surface area contributed by atoms with Gasteiger partial charge in [0.2, 0.25) is 0 Å². The third-order valence-corrected chi connectivity index (χ3v) is 3.27. The fourth-order valence-electron chi connectivity index (χ4n) is 1.50. The first-order valence-corrected chi connectivity index (χ1v) is 7.37. The summed E-state index contributed by atoms with van der Waals surface area (Å²) in [6, 6.07) is 1.72. The van der Waals surface area contributed by atoms with E-state index in [4.69, 9.17) is 0 Å². The van der Waals surface area contributed by atoms with Crippen LogP contribution in [0.4, 0.5) is 0 Å². The molecule has 1 N–H and O–H groups in total. The van der Waals surface area contributed by atoms with Crippen LogP contribution in [0.25, 0.3) is 0 Å². The Morgan fingerprint density at radius 2 is 2.25 bits per heavy atom. The number of hydrogen-bond acceptors (Lipinski definition) is 4. The van der Waals surface area contributed by atoms with Crippen LogP contribution < -0.4 is 0 Å². The molecule has 0 bridgehead atoms. The number of aromatic nitrogens is 2. The molecular weight excluding hydrogens is 228 g/mol. The van der Waals surface area contributed by atoms with Crippen molar-refractivity contribution in [3.8, 4) is 0 Å². The zero-order valence-electron chi connectivity index (χ0n) is 9.63. The quantitative estimate of drug-likeness (QED) is 0.804. The van der Waals surface area contributed by atoms with Crippen molar-refractivity contribution in [2.75, 3.05) is 12.0 Å². The van der Waals surface area contributed by atoms with Crippen molar-refractivity contribution < 1.29 is 13.5 Å². The first kappa shape index (κ1) is 13.2. The maximum Gasteiger partial charge on any atom is 0.147 e. The molecule has 16 heavy (non-hydrogen) atoms. The van der Waals surface area contributed by atoms with E-state index in [9.17, 15) is 13.5 Å². The minimum Gasteiger partial charge on any atom is -0.387 e. The highest BCUT2D eigenvalue weighted by atomic mass is 32.2. The van der Waals surface area contributed by atoms with Gasteiger partial charge in [0.25, 0.3) is 0 Å². The number of aliphatic hydroxyl groups excluding tert-OH is 1. The molecule has 1 heterocycles. The van der Waals surface area contributed by atoms with E-state index in [2.05, 4.69) is 5.10 Å². The lowest BCUT2D eigenvalue weighted by Crippen LogP contribution is -2.13. The molecule has 0 aliphatic carbocycles. The van der Waals surface area contributed by atoms with Crippen molar-refractivity contribution in [3.05, 3.63) is 18.0 Å². The molecule has 0 fully saturated rings. The van der Waals surface area contributed by atoms with Crippen LogP contribution in [0.3, 0.4) is 0 Å². The number of aliphatic hydroxyl groups is 1. The maximum atomic E-state index is 11.0. The predicted molar refractivity (Wildman–Crippen MR) is 61.8 cm³/mol. The topological polar surface area (TPSA) is 72.2 Å². The van der Waals surface area contributed by atoms with Crippen LogP contribution in [0.2, 0.25) is 0 Å². The highest BCUT2D eigenvalue weighted by molar-refractivity contribution is 7.90. The Hall–Kier alpha value is -0.880. The predicted octanol–water partition coefficient (Wildman–Crippen LogP) is 0.761. The molecular formula is C10H18N2O3S. The minimum atomic E-state index is -3.03. The lowest BCUT2D eigenvalue weighted by Gasteiger charge is -2.12. The standard InChI is InChI=1S/C10H18N2O3S/c1-3-7-12-9(4-6-11-12)10(13)5-8-16(2,14)15/h4,6,10,13H,3,5,7-8H2,1-2H3. The molecule has 0 saturated heterocycles. The van der Waals surface area contributed by atoms with E-state index in [1.807, 2.05) is 6.92 Å². The van der Waals surface area contributed by atoms with Crippen LogP contribution in [0.15, 0.2) is 12.3 Å². The van der Waals surface area contributed by atoms with Crippen LogP contribution >= 0.6 is 0 Å². The summed E-state index contributed by atoms with van der Waals surface area (Å²) in [4.78, 5) is 0. The molecule has 0 spiro atoms. The molecule has 0 aliphatic heterocycles. The summed E-state index contributed by atoms with van der Waals surface area (Å²) < 4.78 is 23.7. The van der Waals surface area contributed by atoms with Crippen molar-refractivity contribution in [1.82, 2.24) is 9.78 Å². The van der Waals surface area contributed by atoms with Gasteiger partial charge in [0, 0.05) is 19.0 Å². The summed E-state index contributed by atoms with van der Waals surface area (Å²) in [5.74, 6) is -0.00846. The molecule has 1 aromatic rings. The van der Waals surface area contributed by atoms with Gasteiger partial charge in [-0.25, -0.2) is 8.42 Å². The molecule has 1 aromatic heterocycles. The number of rotatable bonds is 6.